The van der Waals surface area contributed by atoms with Crippen LogP contribution in [0.15, 0.2) is 30.3 Å². The molecule has 106 valence electrons. The van der Waals surface area contributed by atoms with Crippen LogP contribution in [-0.4, -0.2) is 12.2 Å². The number of methoxy groups -OCH3 is 1. The number of aliphatic hydroxyl groups is 1. The van der Waals surface area contributed by atoms with E-state index >= 15 is 0 Å². The quantitative estimate of drug-likeness (QED) is 0.928. The van der Waals surface area contributed by atoms with E-state index in [1.165, 1.54) is 14.0 Å². The molecule has 1 atom stereocenters. The lowest BCUT2D eigenvalue weighted by atomic mass is 9.98. The van der Waals surface area contributed by atoms with E-state index in [0.29, 0.717) is 11.3 Å². The van der Waals surface area contributed by atoms with E-state index in [-0.39, 0.29) is 11.1 Å². The maximum absolute atomic E-state index is 13.9. The van der Waals surface area contributed by atoms with Crippen molar-refractivity contribution in [3.8, 4) is 5.75 Å². The third kappa shape index (κ3) is 2.65. The molecule has 0 bridgehead atoms. The van der Waals surface area contributed by atoms with Crippen molar-refractivity contribution in [3.63, 3.8) is 0 Å². The lowest BCUT2D eigenvalue weighted by Gasteiger charge is -2.15. The largest absolute Gasteiger partial charge is 0.496 e. The molecule has 0 aliphatic rings. The Hall–Kier alpha value is -1.94. The zero-order chi connectivity index (χ0) is 14.9. The fourth-order valence-electron chi connectivity index (χ4n) is 2.06. The Balaban J connectivity index is 2.46. The van der Waals surface area contributed by atoms with E-state index in [1.807, 2.05) is 6.92 Å². The first-order valence-electron chi connectivity index (χ1n) is 6.22. The molecule has 20 heavy (non-hydrogen) atoms. The average molecular weight is 278 g/mol. The minimum absolute atomic E-state index is 0.0843. The zero-order valence-corrected chi connectivity index (χ0v) is 11.6. The van der Waals surface area contributed by atoms with Gasteiger partial charge in [0.05, 0.1) is 7.11 Å². The van der Waals surface area contributed by atoms with Crippen LogP contribution in [0.1, 0.15) is 28.4 Å². The first kappa shape index (κ1) is 14.5. The van der Waals surface area contributed by atoms with Gasteiger partial charge in [0.15, 0.2) is 0 Å². The SMILES string of the molecule is COc1cc(C(O)c2cc(F)c(C)cc2F)ccc1C. The van der Waals surface area contributed by atoms with Gasteiger partial charge in [0.2, 0.25) is 0 Å². The van der Waals surface area contributed by atoms with E-state index in [2.05, 4.69) is 0 Å². The average Bonchev–Trinajstić information content (AvgIpc) is 2.42. The fourth-order valence-corrected chi connectivity index (χ4v) is 2.06. The van der Waals surface area contributed by atoms with Crippen LogP contribution in [0.5, 0.6) is 5.75 Å². The first-order valence-corrected chi connectivity index (χ1v) is 6.22. The molecule has 0 radical (unpaired) electrons. The van der Waals surface area contributed by atoms with Gasteiger partial charge in [-0.05, 0) is 48.7 Å². The molecular weight excluding hydrogens is 262 g/mol. The lowest BCUT2D eigenvalue weighted by molar-refractivity contribution is 0.213. The molecule has 2 nitrogen and oxygen atoms in total. The molecule has 0 aliphatic heterocycles. The summed E-state index contributed by atoms with van der Waals surface area (Å²) in [6, 6.07) is 7.16. The second-order valence-electron chi connectivity index (χ2n) is 4.75. The van der Waals surface area contributed by atoms with Crippen molar-refractivity contribution < 1.29 is 18.6 Å². The highest BCUT2D eigenvalue weighted by Crippen LogP contribution is 2.29. The molecule has 0 spiro atoms. The lowest BCUT2D eigenvalue weighted by Crippen LogP contribution is -2.05. The van der Waals surface area contributed by atoms with Crippen molar-refractivity contribution in [2.24, 2.45) is 0 Å². The van der Waals surface area contributed by atoms with E-state index in [4.69, 9.17) is 4.74 Å². The van der Waals surface area contributed by atoms with Gasteiger partial charge in [0, 0.05) is 5.56 Å². The number of rotatable bonds is 3. The van der Waals surface area contributed by atoms with Gasteiger partial charge in [-0.1, -0.05) is 12.1 Å². The van der Waals surface area contributed by atoms with Crippen LogP contribution in [0.3, 0.4) is 0 Å². The predicted octanol–water partition coefficient (Wildman–Crippen LogP) is 3.67. The molecule has 0 saturated carbocycles. The van der Waals surface area contributed by atoms with E-state index in [1.54, 1.807) is 18.2 Å². The number of hydrogen-bond acceptors (Lipinski definition) is 2. The van der Waals surface area contributed by atoms with Gasteiger partial charge in [0.25, 0.3) is 0 Å². The summed E-state index contributed by atoms with van der Waals surface area (Å²) in [6.07, 6.45) is -1.24. The number of hydrogen-bond donors (Lipinski definition) is 1. The maximum Gasteiger partial charge on any atom is 0.129 e. The van der Waals surface area contributed by atoms with Crippen molar-refractivity contribution >= 4 is 0 Å². The van der Waals surface area contributed by atoms with Gasteiger partial charge in [-0.3, -0.25) is 0 Å². The normalized spacial score (nSPS) is 12.3. The smallest absolute Gasteiger partial charge is 0.129 e. The zero-order valence-electron chi connectivity index (χ0n) is 11.6. The molecule has 4 heteroatoms. The Morgan fingerprint density at radius 3 is 2.35 bits per heavy atom. The van der Waals surface area contributed by atoms with Gasteiger partial charge in [0.1, 0.15) is 23.5 Å². The van der Waals surface area contributed by atoms with Gasteiger partial charge < -0.3 is 9.84 Å². The molecule has 0 aliphatic carbocycles. The van der Waals surface area contributed by atoms with Crippen molar-refractivity contribution in [3.05, 3.63) is 64.2 Å². The Kier molecular flexibility index (Phi) is 4.04. The summed E-state index contributed by atoms with van der Waals surface area (Å²) in [5.74, 6) is -0.579. The summed E-state index contributed by atoms with van der Waals surface area (Å²) >= 11 is 0. The highest BCUT2D eigenvalue weighted by Gasteiger charge is 2.18. The monoisotopic (exact) mass is 278 g/mol. The molecule has 2 aromatic rings. The second-order valence-corrected chi connectivity index (χ2v) is 4.75. The molecule has 2 aromatic carbocycles. The number of halogens is 2. The Bertz CT molecular complexity index is 639. The number of aryl methyl sites for hydroxylation is 2. The van der Waals surface area contributed by atoms with Crippen molar-refractivity contribution in [1.29, 1.82) is 0 Å². The molecule has 0 aromatic heterocycles. The molecule has 1 unspecified atom stereocenters. The molecule has 0 saturated heterocycles. The fraction of sp³-hybridized carbons (Fsp3) is 0.250. The number of benzene rings is 2. The third-order valence-corrected chi connectivity index (χ3v) is 3.32. The summed E-state index contributed by atoms with van der Waals surface area (Å²) < 4.78 is 32.6. The standard InChI is InChI=1S/C16H16F2O2/c1-9-4-5-11(7-15(9)20-3)16(19)12-8-13(17)10(2)6-14(12)18/h4-8,16,19H,1-3H3. The highest BCUT2D eigenvalue weighted by molar-refractivity contribution is 5.41. The molecular formula is C16H16F2O2. The molecule has 0 heterocycles. The molecule has 2 rings (SSSR count). The maximum atomic E-state index is 13.9. The molecule has 0 fully saturated rings. The minimum Gasteiger partial charge on any atom is -0.496 e. The van der Waals surface area contributed by atoms with Gasteiger partial charge in [-0.15, -0.1) is 0 Å². The first-order chi connectivity index (χ1) is 9.43. The Labute approximate surface area is 116 Å². The van der Waals surface area contributed by atoms with Crippen molar-refractivity contribution in [2.75, 3.05) is 7.11 Å². The van der Waals surface area contributed by atoms with Crippen LogP contribution < -0.4 is 4.74 Å². The molecule has 1 N–H and O–H groups in total. The third-order valence-electron chi connectivity index (χ3n) is 3.32. The summed E-state index contributed by atoms with van der Waals surface area (Å²) in [4.78, 5) is 0. The number of aliphatic hydroxyl groups excluding tert-OH is 1. The van der Waals surface area contributed by atoms with E-state index < -0.39 is 17.7 Å². The second kappa shape index (κ2) is 5.59. The summed E-state index contributed by atoms with van der Waals surface area (Å²) in [7, 11) is 1.52. The van der Waals surface area contributed by atoms with Crippen LogP contribution in [0.25, 0.3) is 0 Å². The van der Waals surface area contributed by atoms with Gasteiger partial charge in [-0.2, -0.15) is 0 Å². The van der Waals surface area contributed by atoms with Crippen LogP contribution in [0.2, 0.25) is 0 Å². The van der Waals surface area contributed by atoms with Gasteiger partial charge in [-0.25, -0.2) is 8.78 Å². The highest BCUT2D eigenvalue weighted by atomic mass is 19.1. The van der Waals surface area contributed by atoms with Crippen LogP contribution in [0, 0.1) is 25.5 Å². The number of ether oxygens (including phenoxy) is 1. The minimum atomic E-state index is -1.24. The summed E-state index contributed by atoms with van der Waals surface area (Å²) in [6.45, 7) is 3.34. The Morgan fingerprint density at radius 2 is 1.70 bits per heavy atom. The van der Waals surface area contributed by atoms with E-state index in [9.17, 15) is 13.9 Å². The molecule has 0 amide bonds. The predicted molar refractivity (Wildman–Crippen MR) is 72.9 cm³/mol. The van der Waals surface area contributed by atoms with Crippen LogP contribution in [0.4, 0.5) is 8.78 Å². The van der Waals surface area contributed by atoms with E-state index in [0.717, 1.165) is 17.7 Å². The van der Waals surface area contributed by atoms with Gasteiger partial charge >= 0.3 is 0 Å². The van der Waals surface area contributed by atoms with Crippen LogP contribution in [-0.2, 0) is 0 Å². The summed E-state index contributed by atoms with van der Waals surface area (Å²) in [5.41, 5.74) is 1.48. The van der Waals surface area contributed by atoms with Crippen molar-refractivity contribution in [1.82, 2.24) is 0 Å². The summed E-state index contributed by atoms with van der Waals surface area (Å²) in [5, 5.41) is 10.2. The van der Waals surface area contributed by atoms with Crippen molar-refractivity contribution in [2.45, 2.75) is 20.0 Å². The topological polar surface area (TPSA) is 29.5 Å². The van der Waals surface area contributed by atoms with Crippen LogP contribution >= 0.6 is 0 Å². The Morgan fingerprint density at radius 1 is 1.00 bits per heavy atom.